The van der Waals surface area contributed by atoms with E-state index in [4.69, 9.17) is 0 Å². The predicted octanol–water partition coefficient (Wildman–Crippen LogP) is 3.00. The van der Waals surface area contributed by atoms with Gasteiger partial charge in [-0.1, -0.05) is 15.9 Å². The molecule has 1 aliphatic heterocycles. The fraction of sp³-hybridized carbons (Fsp3) is 0.467. The zero-order valence-electron chi connectivity index (χ0n) is 12.7. The van der Waals surface area contributed by atoms with Crippen molar-refractivity contribution in [3.63, 3.8) is 0 Å². The highest BCUT2D eigenvalue weighted by molar-refractivity contribution is 9.10. The van der Waals surface area contributed by atoms with Gasteiger partial charge in [-0.2, -0.15) is 13.2 Å². The van der Waals surface area contributed by atoms with Gasteiger partial charge in [0.25, 0.3) is 0 Å². The summed E-state index contributed by atoms with van der Waals surface area (Å²) in [6.45, 7) is -0.0867. The molecule has 0 aliphatic carbocycles. The van der Waals surface area contributed by atoms with Crippen LogP contribution in [0.1, 0.15) is 18.4 Å². The van der Waals surface area contributed by atoms with Gasteiger partial charge in [-0.15, -0.1) is 0 Å². The molecular weight excluding hydrogens is 396 g/mol. The van der Waals surface area contributed by atoms with Crippen LogP contribution in [0.4, 0.5) is 17.6 Å². The molecule has 0 saturated carbocycles. The molecule has 0 radical (unpaired) electrons. The molecule has 4 nitrogen and oxygen atoms in total. The van der Waals surface area contributed by atoms with E-state index in [-0.39, 0.29) is 24.9 Å². The van der Waals surface area contributed by atoms with Crippen molar-refractivity contribution in [3.05, 3.63) is 34.1 Å². The summed E-state index contributed by atoms with van der Waals surface area (Å²) < 4.78 is 52.2. The van der Waals surface area contributed by atoms with Crippen LogP contribution in [0.3, 0.4) is 0 Å². The van der Waals surface area contributed by atoms with Gasteiger partial charge in [0.2, 0.25) is 11.8 Å². The lowest BCUT2D eigenvalue weighted by Gasteiger charge is -2.31. The number of carbonyl (C=O) groups excluding carboxylic acids is 2. The number of carbonyl (C=O) groups is 2. The zero-order valence-corrected chi connectivity index (χ0v) is 14.2. The van der Waals surface area contributed by atoms with Crippen molar-refractivity contribution in [1.82, 2.24) is 10.2 Å². The molecule has 1 aliphatic rings. The third kappa shape index (κ3) is 4.25. The van der Waals surface area contributed by atoms with E-state index in [1.165, 1.54) is 25.2 Å². The molecule has 1 aromatic carbocycles. The quantitative estimate of drug-likeness (QED) is 0.614. The number of piperidine rings is 1. The highest BCUT2D eigenvalue weighted by Crippen LogP contribution is 2.29. The maximum atomic E-state index is 13.7. The molecule has 0 bridgehead atoms. The normalized spacial score (nSPS) is 21.3. The number of amides is 2. The van der Waals surface area contributed by atoms with Crippen molar-refractivity contribution in [2.75, 3.05) is 7.05 Å². The van der Waals surface area contributed by atoms with Crippen LogP contribution in [-0.2, 0) is 16.1 Å². The smallest absolute Gasteiger partial charge is 0.344 e. The molecule has 1 saturated heterocycles. The van der Waals surface area contributed by atoms with Crippen molar-refractivity contribution in [3.8, 4) is 0 Å². The van der Waals surface area contributed by atoms with Crippen LogP contribution in [0.25, 0.3) is 0 Å². The SMILES string of the molecule is CN(Cc1cc(Br)ccc1F)C(=O)C1CCC(C(F)(F)F)NC1=O. The lowest BCUT2D eigenvalue weighted by Crippen LogP contribution is -2.54. The Morgan fingerprint density at radius 1 is 1.38 bits per heavy atom. The largest absolute Gasteiger partial charge is 0.408 e. The summed E-state index contributed by atoms with van der Waals surface area (Å²) in [5.74, 6) is -3.28. The van der Waals surface area contributed by atoms with E-state index in [2.05, 4.69) is 15.9 Å². The van der Waals surface area contributed by atoms with E-state index in [0.29, 0.717) is 4.47 Å². The topological polar surface area (TPSA) is 49.4 Å². The summed E-state index contributed by atoms with van der Waals surface area (Å²) >= 11 is 3.19. The fourth-order valence-corrected chi connectivity index (χ4v) is 2.96. The van der Waals surface area contributed by atoms with Crippen LogP contribution >= 0.6 is 15.9 Å². The van der Waals surface area contributed by atoms with Gasteiger partial charge >= 0.3 is 6.18 Å². The minimum absolute atomic E-state index is 0.0867. The van der Waals surface area contributed by atoms with Gasteiger partial charge in [-0.05, 0) is 31.0 Å². The number of halogens is 5. The first kappa shape index (κ1) is 18.7. The van der Waals surface area contributed by atoms with Crippen LogP contribution in [0.5, 0.6) is 0 Å². The van der Waals surface area contributed by atoms with Crippen molar-refractivity contribution in [1.29, 1.82) is 0 Å². The Morgan fingerprint density at radius 2 is 2.04 bits per heavy atom. The number of rotatable bonds is 3. The summed E-state index contributed by atoms with van der Waals surface area (Å²) in [5.41, 5.74) is 0.240. The third-order valence-corrected chi connectivity index (χ3v) is 4.35. The van der Waals surface area contributed by atoms with Crippen molar-refractivity contribution in [2.45, 2.75) is 31.6 Å². The standard InChI is InChI=1S/C15H15BrF4N2O2/c1-22(7-8-6-9(16)2-4-11(8)17)14(24)10-3-5-12(15(18,19)20)21-13(10)23/h2,4,6,10,12H,3,5,7H2,1H3,(H,21,23). The Balaban J connectivity index is 2.03. The lowest BCUT2D eigenvalue weighted by atomic mass is 9.92. The van der Waals surface area contributed by atoms with E-state index < -0.39 is 35.8 Å². The number of hydrogen-bond donors (Lipinski definition) is 1. The molecular formula is C15H15BrF4N2O2. The first-order valence-corrected chi connectivity index (χ1v) is 7.95. The summed E-state index contributed by atoms with van der Waals surface area (Å²) in [6.07, 6.45) is -5.08. The van der Waals surface area contributed by atoms with Gasteiger partial charge in [0.05, 0.1) is 0 Å². The Labute approximate surface area is 144 Å². The van der Waals surface area contributed by atoms with Gasteiger partial charge < -0.3 is 10.2 Å². The van der Waals surface area contributed by atoms with E-state index in [0.717, 1.165) is 4.90 Å². The average molecular weight is 411 g/mol. The fourth-order valence-electron chi connectivity index (χ4n) is 2.55. The summed E-state index contributed by atoms with van der Waals surface area (Å²) in [7, 11) is 1.38. The minimum atomic E-state index is -4.53. The summed E-state index contributed by atoms with van der Waals surface area (Å²) in [4.78, 5) is 25.3. The molecule has 24 heavy (non-hydrogen) atoms. The van der Waals surface area contributed by atoms with Crippen molar-refractivity contribution in [2.24, 2.45) is 5.92 Å². The van der Waals surface area contributed by atoms with Gasteiger partial charge in [0.1, 0.15) is 17.8 Å². The Bertz CT molecular complexity index is 651. The van der Waals surface area contributed by atoms with Crippen LogP contribution < -0.4 is 5.32 Å². The number of hydrogen-bond acceptors (Lipinski definition) is 2. The van der Waals surface area contributed by atoms with Crippen LogP contribution in [-0.4, -0.2) is 36.0 Å². The maximum Gasteiger partial charge on any atom is 0.408 e. The zero-order chi connectivity index (χ0) is 18.1. The molecule has 1 N–H and O–H groups in total. The Hall–Kier alpha value is -1.64. The van der Waals surface area contributed by atoms with Gasteiger partial charge in [0.15, 0.2) is 0 Å². The maximum absolute atomic E-state index is 13.7. The molecule has 2 atom stereocenters. The molecule has 1 aromatic rings. The highest BCUT2D eigenvalue weighted by atomic mass is 79.9. The van der Waals surface area contributed by atoms with E-state index in [9.17, 15) is 27.2 Å². The molecule has 1 fully saturated rings. The number of alkyl halides is 3. The molecule has 2 rings (SSSR count). The third-order valence-electron chi connectivity index (χ3n) is 3.86. The molecule has 9 heteroatoms. The minimum Gasteiger partial charge on any atom is -0.344 e. The molecule has 0 aromatic heterocycles. The molecule has 1 heterocycles. The first-order chi connectivity index (χ1) is 11.1. The second kappa shape index (κ2) is 7.08. The molecule has 2 unspecified atom stereocenters. The van der Waals surface area contributed by atoms with Crippen LogP contribution in [0, 0.1) is 11.7 Å². The summed E-state index contributed by atoms with van der Waals surface area (Å²) in [5, 5.41) is 1.83. The number of benzene rings is 1. The summed E-state index contributed by atoms with van der Waals surface area (Å²) in [6, 6.07) is 2.31. The first-order valence-electron chi connectivity index (χ1n) is 7.15. The van der Waals surface area contributed by atoms with E-state index >= 15 is 0 Å². The van der Waals surface area contributed by atoms with Crippen molar-refractivity contribution < 1.29 is 27.2 Å². The van der Waals surface area contributed by atoms with Gasteiger partial charge in [-0.25, -0.2) is 4.39 Å². The monoisotopic (exact) mass is 410 g/mol. The number of nitrogens with zero attached hydrogens (tertiary/aromatic N) is 1. The Morgan fingerprint density at radius 3 is 2.62 bits per heavy atom. The van der Waals surface area contributed by atoms with E-state index in [1.54, 1.807) is 0 Å². The second-order valence-corrected chi connectivity index (χ2v) is 6.58. The second-order valence-electron chi connectivity index (χ2n) is 5.66. The van der Waals surface area contributed by atoms with Gasteiger partial charge in [-0.3, -0.25) is 9.59 Å². The van der Waals surface area contributed by atoms with Crippen LogP contribution in [0.2, 0.25) is 0 Å². The van der Waals surface area contributed by atoms with Crippen LogP contribution in [0.15, 0.2) is 22.7 Å². The van der Waals surface area contributed by atoms with Crippen molar-refractivity contribution >= 4 is 27.7 Å². The number of nitrogens with one attached hydrogen (secondary N) is 1. The molecule has 2 amide bonds. The van der Waals surface area contributed by atoms with E-state index in [1.807, 2.05) is 5.32 Å². The highest BCUT2D eigenvalue weighted by Gasteiger charge is 2.46. The predicted molar refractivity (Wildman–Crippen MR) is 81.3 cm³/mol. The molecule has 0 spiro atoms. The van der Waals surface area contributed by atoms with Gasteiger partial charge in [0, 0.05) is 23.6 Å². The lowest BCUT2D eigenvalue weighted by molar-refractivity contribution is -0.172. The Kier molecular flexibility index (Phi) is 5.52. The average Bonchev–Trinajstić information content (AvgIpc) is 2.49. The molecule has 132 valence electrons.